The molecule has 8 heteroatoms. The van der Waals surface area contributed by atoms with Crippen molar-refractivity contribution >= 4 is 5.97 Å². The smallest absolute Gasteiger partial charge is 0.335 e. The topological polar surface area (TPSA) is 92.9 Å². The van der Waals surface area contributed by atoms with Crippen LogP contribution in [0.4, 0.5) is 0 Å². The second-order valence-electron chi connectivity index (χ2n) is 6.19. The number of hydrogen-bond acceptors (Lipinski definition) is 8. The van der Waals surface area contributed by atoms with Crippen LogP contribution in [0.1, 0.15) is 32.6 Å². The lowest BCUT2D eigenvalue weighted by atomic mass is 10.2. The third-order valence-corrected chi connectivity index (χ3v) is 4.12. The molecule has 0 saturated carbocycles. The molecule has 27 heavy (non-hydrogen) atoms. The predicted octanol–water partition coefficient (Wildman–Crippen LogP) is 2.76. The molecule has 1 fully saturated rings. The molecule has 0 radical (unpaired) electrons. The number of carbonyl (C=O) groups excluding carboxylic acids is 1. The Morgan fingerprint density at radius 2 is 2.15 bits per heavy atom. The Kier molecular flexibility index (Phi) is 6.78. The van der Waals surface area contributed by atoms with E-state index in [9.17, 15) is 4.79 Å². The minimum absolute atomic E-state index is 0.0628. The number of ether oxygens (including phenoxy) is 4. The van der Waals surface area contributed by atoms with Crippen molar-refractivity contribution in [3.63, 3.8) is 0 Å². The van der Waals surface area contributed by atoms with Gasteiger partial charge in [0.05, 0.1) is 19.3 Å². The van der Waals surface area contributed by atoms with Gasteiger partial charge in [0.1, 0.15) is 5.75 Å². The van der Waals surface area contributed by atoms with Crippen LogP contribution in [-0.4, -0.2) is 48.1 Å². The normalized spacial score (nSPS) is 17.6. The molecule has 0 amide bonds. The second-order valence-corrected chi connectivity index (χ2v) is 6.19. The average Bonchev–Trinajstić information content (AvgIpc) is 3.37. The molecule has 1 aromatic heterocycles. The van der Waals surface area contributed by atoms with E-state index in [0.717, 1.165) is 30.8 Å². The molecule has 2 atom stereocenters. The molecule has 0 bridgehead atoms. The van der Waals surface area contributed by atoms with Crippen LogP contribution in [0.15, 0.2) is 28.8 Å². The zero-order valence-electron chi connectivity index (χ0n) is 15.6. The number of rotatable bonds is 9. The van der Waals surface area contributed by atoms with Gasteiger partial charge in [-0.05, 0) is 51.0 Å². The Hall–Kier alpha value is -2.45. The maximum Gasteiger partial charge on any atom is 0.335 e. The van der Waals surface area contributed by atoms with Crippen LogP contribution in [-0.2, 0) is 25.6 Å². The molecule has 0 aliphatic carbocycles. The molecule has 2 unspecified atom stereocenters. The van der Waals surface area contributed by atoms with Crippen molar-refractivity contribution in [2.45, 2.75) is 45.5 Å². The fraction of sp³-hybridized carbons (Fsp3) is 0.526. The predicted molar refractivity (Wildman–Crippen MR) is 95.1 cm³/mol. The molecule has 1 aliphatic rings. The van der Waals surface area contributed by atoms with Gasteiger partial charge in [-0.15, -0.1) is 0 Å². The van der Waals surface area contributed by atoms with Crippen molar-refractivity contribution in [2.24, 2.45) is 0 Å². The summed E-state index contributed by atoms with van der Waals surface area (Å²) < 4.78 is 26.7. The van der Waals surface area contributed by atoms with E-state index < -0.39 is 12.1 Å². The fourth-order valence-corrected chi connectivity index (χ4v) is 2.64. The zero-order chi connectivity index (χ0) is 19.1. The Labute approximate surface area is 157 Å². The Morgan fingerprint density at radius 1 is 1.33 bits per heavy atom. The van der Waals surface area contributed by atoms with Crippen LogP contribution in [0.25, 0.3) is 11.4 Å². The van der Waals surface area contributed by atoms with Crippen molar-refractivity contribution in [1.82, 2.24) is 10.1 Å². The minimum Gasteiger partial charge on any atom is -0.494 e. The first-order valence-corrected chi connectivity index (χ1v) is 9.11. The molecule has 2 heterocycles. The largest absolute Gasteiger partial charge is 0.494 e. The minimum atomic E-state index is -0.678. The Bertz CT molecular complexity index is 724. The maximum absolute atomic E-state index is 12.0. The number of benzene rings is 1. The van der Waals surface area contributed by atoms with Gasteiger partial charge in [-0.1, -0.05) is 5.16 Å². The highest BCUT2D eigenvalue weighted by atomic mass is 16.6. The molecule has 1 saturated heterocycles. The van der Waals surface area contributed by atoms with Gasteiger partial charge in [-0.3, -0.25) is 0 Å². The molecular weight excluding hydrogens is 352 g/mol. The summed E-state index contributed by atoms with van der Waals surface area (Å²) in [5.41, 5.74) is 0.785. The van der Waals surface area contributed by atoms with Crippen molar-refractivity contribution in [2.75, 3.05) is 19.8 Å². The highest BCUT2D eigenvalue weighted by molar-refractivity contribution is 5.74. The van der Waals surface area contributed by atoms with E-state index in [4.69, 9.17) is 23.5 Å². The van der Waals surface area contributed by atoms with Crippen LogP contribution < -0.4 is 4.74 Å². The zero-order valence-corrected chi connectivity index (χ0v) is 15.6. The number of nitrogens with zero attached hydrogens (tertiary/aromatic N) is 2. The summed E-state index contributed by atoms with van der Waals surface area (Å²) in [6, 6.07) is 7.35. The monoisotopic (exact) mass is 376 g/mol. The lowest BCUT2D eigenvalue weighted by molar-refractivity contribution is -0.160. The summed E-state index contributed by atoms with van der Waals surface area (Å²) in [5, 5.41) is 3.91. The summed E-state index contributed by atoms with van der Waals surface area (Å²) in [7, 11) is 0. The molecule has 146 valence electrons. The maximum atomic E-state index is 12.0. The van der Waals surface area contributed by atoms with Crippen molar-refractivity contribution in [1.29, 1.82) is 0 Å². The van der Waals surface area contributed by atoms with E-state index in [1.54, 1.807) is 6.92 Å². The van der Waals surface area contributed by atoms with Gasteiger partial charge < -0.3 is 23.5 Å². The van der Waals surface area contributed by atoms with Crippen molar-refractivity contribution in [3.8, 4) is 17.1 Å². The third kappa shape index (κ3) is 5.51. The van der Waals surface area contributed by atoms with Gasteiger partial charge in [0.25, 0.3) is 5.89 Å². The van der Waals surface area contributed by atoms with E-state index in [1.807, 2.05) is 31.2 Å². The van der Waals surface area contributed by atoms with Crippen molar-refractivity contribution in [3.05, 3.63) is 30.2 Å². The number of hydrogen-bond donors (Lipinski definition) is 0. The molecule has 8 nitrogen and oxygen atoms in total. The number of carbonyl (C=O) groups is 1. The van der Waals surface area contributed by atoms with E-state index in [-0.39, 0.29) is 18.6 Å². The molecule has 0 spiro atoms. The quantitative estimate of drug-likeness (QED) is 0.617. The summed E-state index contributed by atoms with van der Waals surface area (Å²) in [5.74, 6) is 0.940. The van der Waals surface area contributed by atoms with E-state index in [2.05, 4.69) is 10.1 Å². The summed E-state index contributed by atoms with van der Waals surface area (Å²) in [6.07, 6.45) is 1.37. The summed E-state index contributed by atoms with van der Waals surface area (Å²) >= 11 is 0. The highest BCUT2D eigenvalue weighted by Crippen LogP contribution is 2.20. The highest BCUT2D eigenvalue weighted by Gasteiger charge is 2.21. The van der Waals surface area contributed by atoms with Crippen LogP contribution >= 0.6 is 0 Å². The Morgan fingerprint density at radius 3 is 2.85 bits per heavy atom. The molecule has 2 aromatic rings. The Balaban J connectivity index is 1.46. The molecule has 3 rings (SSSR count). The van der Waals surface area contributed by atoms with Gasteiger partial charge >= 0.3 is 5.97 Å². The molecule has 1 aromatic carbocycles. The second kappa shape index (κ2) is 9.48. The van der Waals surface area contributed by atoms with Gasteiger partial charge in [0.15, 0.2) is 12.7 Å². The fourth-order valence-electron chi connectivity index (χ4n) is 2.64. The first-order chi connectivity index (χ1) is 13.2. The van der Waals surface area contributed by atoms with Crippen LogP contribution in [0.2, 0.25) is 0 Å². The van der Waals surface area contributed by atoms with Gasteiger partial charge in [0.2, 0.25) is 5.82 Å². The van der Waals surface area contributed by atoms with Gasteiger partial charge in [0, 0.05) is 12.2 Å². The van der Waals surface area contributed by atoms with Crippen LogP contribution in [0, 0.1) is 0 Å². The van der Waals surface area contributed by atoms with Crippen molar-refractivity contribution < 1.29 is 28.3 Å². The lowest BCUT2D eigenvalue weighted by Gasteiger charge is -2.14. The molecular formula is C19H24N2O6. The van der Waals surface area contributed by atoms with Gasteiger partial charge in [-0.25, -0.2) is 4.79 Å². The number of esters is 1. The first-order valence-electron chi connectivity index (χ1n) is 9.11. The molecule has 0 N–H and O–H groups in total. The summed E-state index contributed by atoms with van der Waals surface area (Å²) in [4.78, 5) is 16.2. The van der Waals surface area contributed by atoms with Crippen LogP contribution in [0.5, 0.6) is 5.75 Å². The average molecular weight is 376 g/mol. The standard InChI is InChI=1S/C19H24N2O6/c1-3-23-15-8-6-14(7-9-15)18-20-17(27-21-18)12-26-19(22)13(2)25-11-16-5-4-10-24-16/h6-9,13,16H,3-5,10-12H2,1-2H3. The van der Waals surface area contributed by atoms with Crippen LogP contribution in [0.3, 0.4) is 0 Å². The SMILES string of the molecule is CCOc1ccc(-c2noc(COC(=O)C(C)OCC3CCCO3)n2)cc1. The third-order valence-electron chi connectivity index (χ3n) is 4.12. The van der Waals surface area contributed by atoms with E-state index in [0.29, 0.717) is 19.0 Å². The van der Waals surface area contributed by atoms with E-state index in [1.165, 1.54) is 0 Å². The molecule has 1 aliphatic heterocycles. The lowest BCUT2D eigenvalue weighted by Crippen LogP contribution is -2.27. The summed E-state index contributed by atoms with van der Waals surface area (Å²) in [6.45, 7) is 5.22. The number of aromatic nitrogens is 2. The van der Waals surface area contributed by atoms with Gasteiger partial charge in [-0.2, -0.15) is 4.98 Å². The van der Waals surface area contributed by atoms with E-state index >= 15 is 0 Å². The first kappa shape index (κ1) is 19.3.